The zero-order chi connectivity index (χ0) is 15.9. The van der Waals surface area contributed by atoms with Crippen LogP contribution < -0.4 is 4.74 Å². The van der Waals surface area contributed by atoms with Crippen molar-refractivity contribution in [2.24, 2.45) is 5.16 Å². The average Bonchev–Trinajstić information content (AvgIpc) is 2.52. The first-order valence-corrected chi connectivity index (χ1v) is 7.00. The number of nitrogens with zero attached hydrogens (tertiary/aromatic N) is 1. The minimum atomic E-state index is 0.00677. The summed E-state index contributed by atoms with van der Waals surface area (Å²) >= 11 is 0. The molecule has 4 heteroatoms. The number of rotatable bonds is 6. The molecule has 0 fully saturated rings. The van der Waals surface area contributed by atoms with Crippen LogP contribution in [0.4, 0.5) is 0 Å². The second-order valence-electron chi connectivity index (χ2n) is 4.95. The molecule has 0 amide bonds. The molecule has 2 aromatic carbocycles. The first kappa shape index (κ1) is 15.8. The molecular formula is C18H19NO3. The van der Waals surface area contributed by atoms with Crippen LogP contribution in [0.3, 0.4) is 0 Å². The standard InChI is InChI=1S/C18H19NO3/c1-13-6-4-5-7-16(13)11-19-22-12-17-10-15(14(2)20)8-9-18(17)21-3/h4-11H,12H2,1-3H3/b19-11-. The predicted octanol–water partition coefficient (Wildman–Crippen LogP) is 3.76. The minimum absolute atomic E-state index is 0.00677. The minimum Gasteiger partial charge on any atom is -0.496 e. The third-order valence-corrected chi connectivity index (χ3v) is 3.36. The molecule has 0 saturated heterocycles. The van der Waals surface area contributed by atoms with E-state index in [0.717, 1.165) is 16.7 Å². The van der Waals surface area contributed by atoms with Gasteiger partial charge in [0, 0.05) is 11.1 Å². The summed E-state index contributed by atoms with van der Waals surface area (Å²) in [6.07, 6.45) is 1.68. The number of aryl methyl sites for hydroxylation is 1. The third kappa shape index (κ3) is 3.95. The van der Waals surface area contributed by atoms with Gasteiger partial charge in [0.05, 0.1) is 13.3 Å². The van der Waals surface area contributed by atoms with Gasteiger partial charge in [0.15, 0.2) is 5.78 Å². The topological polar surface area (TPSA) is 47.9 Å². The molecule has 0 aliphatic carbocycles. The Morgan fingerprint density at radius 1 is 1.23 bits per heavy atom. The fourth-order valence-electron chi connectivity index (χ4n) is 2.04. The Morgan fingerprint density at radius 2 is 2.00 bits per heavy atom. The lowest BCUT2D eigenvalue weighted by Crippen LogP contribution is -1.99. The summed E-state index contributed by atoms with van der Waals surface area (Å²) in [4.78, 5) is 16.8. The summed E-state index contributed by atoms with van der Waals surface area (Å²) in [7, 11) is 1.59. The van der Waals surface area contributed by atoms with Crippen molar-refractivity contribution in [1.29, 1.82) is 0 Å². The fraction of sp³-hybridized carbons (Fsp3) is 0.222. The number of ketones is 1. The van der Waals surface area contributed by atoms with Gasteiger partial charge in [-0.25, -0.2) is 0 Å². The van der Waals surface area contributed by atoms with Gasteiger partial charge in [-0.1, -0.05) is 29.4 Å². The number of benzene rings is 2. The van der Waals surface area contributed by atoms with Crippen LogP contribution in [0.15, 0.2) is 47.6 Å². The number of hydrogen-bond acceptors (Lipinski definition) is 4. The van der Waals surface area contributed by atoms with Gasteiger partial charge < -0.3 is 9.57 Å². The maximum absolute atomic E-state index is 11.4. The lowest BCUT2D eigenvalue weighted by atomic mass is 10.1. The van der Waals surface area contributed by atoms with Crippen molar-refractivity contribution >= 4 is 12.0 Å². The zero-order valence-electron chi connectivity index (χ0n) is 13.0. The van der Waals surface area contributed by atoms with Crippen LogP contribution >= 0.6 is 0 Å². The van der Waals surface area contributed by atoms with Crippen molar-refractivity contribution in [3.8, 4) is 5.75 Å². The van der Waals surface area contributed by atoms with Crippen molar-refractivity contribution in [2.75, 3.05) is 7.11 Å². The van der Waals surface area contributed by atoms with Gasteiger partial charge in [-0.3, -0.25) is 4.79 Å². The summed E-state index contributed by atoms with van der Waals surface area (Å²) in [6.45, 7) is 3.79. The van der Waals surface area contributed by atoms with E-state index in [1.165, 1.54) is 6.92 Å². The molecule has 2 aromatic rings. The molecule has 0 N–H and O–H groups in total. The smallest absolute Gasteiger partial charge is 0.159 e. The van der Waals surface area contributed by atoms with E-state index in [0.29, 0.717) is 11.3 Å². The molecule has 4 nitrogen and oxygen atoms in total. The highest BCUT2D eigenvalue weighted by atomic mass is 16.6. The highest BCUT2D eigenvalue weighted by molar-refractivity contribution is 5.94. The molecular weight excluding hydrogens is 278 g/mol. The Hall–Kier alpha value is -2.62. The molecule has 22 heavy (non-hydrogen) atoms. The van der Waals surface area contributed by atoms with Gasteiger partial charge in [-0.15, -0.1) is 0 Å². The monoisotopic (exact) mass is 297 g/mol. The largest absolute Gasteiger partial charge is 0.496 e. The van der Waals surface area contributed by atoms with E-state index in [1.807, 2.05) is 31.2 Å². The Labute approximate surface area is 130 Å². The van der Waals surface area contributed by atoms with Gasteiger partial charge in [-0.05, 0) is 43.2 Å². The summed E-state index contributed by atoms with van der Waals surface area (Å²) in [6, 6.07) is 13.2. The van der Waals surface area contributed by atoms with E-state index in [-0.39, 0.29) is 12.4 Å². The number of Topliss-reactive ketones (excluding diaryl/α,β-unsaturated/α-hetero) is 1. The maximum atomic E-state index is 11.4. The van der Waals surface area contributed by atoms with Crippen LogP contribution in [0.5, 0.6) is 5.75 Å². The molecule has 0 aromatic heterocycles. The first-order valence-electron chi connectivity index (χ1n) is 7.00. The van der Waals surface area contributed by atoms with Crippen LogP contribution in [-0.4, -0.2) is 19.1 Å². The van der Waals surface area contributed by atoms with Crippen molar-refractivity contribution in [3.05, 3.63) is 64.7 Å². The van der Waals surface area contributed by atoms with E-state index in [2.05, 4.69) is 5.16 Å². The highest BCUT2D eigenvalue weighted by Crippen LogP contribution is 2.21. The van der Waals surface area contributed by atoms with Crippen LogP contribution in [-0.2, 0) is 11.4 Å². The second-order valence-corrected chi connectivity index (χ2v) is 4.95. The SMILES string of the molecule is COc1ccc(C(C)=O)cc1CO/N=C\c1ccccc1C. The molecule has 0 radical (unpaired) electrons. The number of carbonyl (C=O) groups is 1. The van der Waals surface area contributed by atoms with Gasteiger partial charge in [0.25, 0.3) is 0 Å². The first-order chi connectivity index (χ1) is 10.6. The lowest BCUT2D eigenvalue weighted by Gasteiger charge is -2.08. The van der Waals surface area contributed by atoms with Crippen LogP contribution in [0, 0.1) is 6.92 Å². The molecule has 0 aliphatic rings. The fourth-order valence-corrected chi connectivity index (χ4v) is 2.04. The molecule has 0 saturated carbocycles. The molecule has 0 unspecified atom stereocenters. The van der Waals surface area contributed by atoms with Gasteiger partial charge in [0.2, 0.25) is 0 Å². The number of oxime groups is 1. The number of carbonyl (C=O) groups excluding carboxylic acids is 1. The summed E-state index contributed by atoms with van der Waals surface area (Å²) in [5.74, 6) is 0.684. The summed E-state index contributed by atoms with van der Waals surface area (Å²) < 4.78 is 5.27. The molecule has 0 atom stereocenters. The van der Waals surface area contributed by atoms with E-state index >= 15 is 0 Å². The molecule has 0 aliphatic heterocycles. The van der Waals surface area contributed by atoms with Crippen molar-refractivity contribution in [3.63, 3.8) is 0 Å². The van der Waals surface area contributed by atoms with E-state index in [9.17, 15) is 4.79 Å². The lowest BCUT2D eigenvalue weighted by molar-refractivity contribution is 0.101. The maximum Gasteiger partial charge on any atom is 0.159 e. The van der Waals surface area contributed by atoms with Crippen LogP contribution in [0.2, 0.25) is 0 Å². The number of ether oxygens (including phenoxy) is 1. The van der Waals surface area contributed by atoms with E-state index in [1.54, 1.807) is 31.5 Å². The Bertz CT molecular complexity index is 692. The van der Waals surface area contributed by atoms with E-state index < -0.39 is 0 Å². The van der Waals surface area contributed by atoms with E-state index in [4.69, 9.17) is 9.57 Å². The summed E-state index contributed by atoms with van der Waals surface area (Å²) in [5.41, 5.74) is 3.55. The molecule has 0 spiro atoms. The Morgan fingerprint density at radius 3 is 2.68 bits per heavy atom. The molecule has 0 heterocycles. The average molecular weight is 297 g/mol. The summed E-state index contributed by atoms with van der Waals surface area (Å²) in [5, 5.41) is 3.98. The van der Waals surface area contributed by atoms with Crippen molar-refractivity contribution in [2.45, 2.75) is 20.5 Å². The predicted molar refractivity (Wildman–Crippen MR) is 86.6 cm³/mol. The van der Waals surface area contributed by atoms with Crippen molar-refractivity contribution in [1.82, 2.24) is 0 Å². The second kappa shape index (κ2) is 7.41. The van der Waals surface area contributed by atoms with Crippen LogP contribution in [0.25, 0.3) is 0 Å². The quantitative estimate of drug-likeness (QED) is 0.463. The molecule has 114 valence electrons. The number of methoxy groups -OCH3 is 1. The third-order valence-electron chi connectivity index (χ3n) is 3.36. The number of hydrogen-bond donors (Lipinski definition) is 0. The van der Waals surface area contributed by atoms with Gasteiger partial charge in [0.1, 0.15) is 12.4 Å². The highest BCUT2D eigenvalue weighted by Gasteiger charge is 2.07. The van der Waals surface area contributed by atoms with Crippen LogP contribution in [0.1, 0.15) is 34.0 Å². The normalized spacial score (nSPS) is 10.7. The zero-order valence-corrected chi connectivity index (χ0v) is 13.0. The molecule has 2 rings (SSSR count). The Balaban J connectivity index is 2.06. The van der Waals surface area contributed by atoms with Crippen molar-refractivity contribution < 1.29 is 14.4 Å². The Kier molecular flexibility index (Phi) is 5.31. The van der Waals surface area contributed by atoms with Gasteiger partial charge >= 0.3 is 0 Å². The molecule has 0 bridgehead atoms. The van der Waals surface area contributed by atoms with Gasteiger partial charge in [-0.2, -0.15) is 0 Å².